The number of carbonyl (C=O) groups is 2. The van der Waals surface area contributed by atoms with Gasteiger partial charge in [-0.3, -0.25) is 9.48 Å². The van der Waals surface area contributed by atoms with Crippen molar-refractivity contribution in [1.29, 1.82) is 0 Å². The highest BCUT2D eigenvalue weighted by Gasteiger charge is 2.25. The first-order valence-corrected chi connectivity index (χ1v) is 11.9. The number of aromatic nitrogens is 4. The number of benzene rings is 1. The van der Waals surface area contributed by atoms with E-state index in [-0.39, 0.29) is 5.91 Å². The molecule has 0 unspecified atom stereocenters. The van der Waals surface area contributed by atoms with Gasteiger partial charge in [-0.1, -0.05) is 25.1 Å². The minimum absolute atomic E-state index is 0.148. The molecule has 1 amide bonds. The molecular weight excluding hydrogens is 432 g/mol. The van der Waals surface area contributed by atoms with Gasteiger partial charge >= 0.3 is 5.97 Å². The van der Waals surface area contributed by atoms with Gasteiger partial charge in [-0.05, 0) is 31.7 Å². The lowest BCUT2D eigenvalue weighted by atomic mass is 9.96. The molecule has 9 heteroatoms. The highest BCUT2D eigenvalue weighted by Crippen LogP contribution is 2.24. The Kier molecular flexibility index (Phi) is 7.40. The van der Waals surface area contributed by atoms with Crippen molar-refractivity contribution in [2.45, 2.75) is 39.7 Å². The van der Waals surface area contributed by atoms with Crippen LogP contribution in [-0.2, 0) is 23.1 Å². The number of ether oxygens (including phenoxy) is 1. The van der Waals surface area contributed by atoms with Crippen LogP contribution in [0.2, 0.25) is 0 Å². The number of hydrogen-bond acceptors (Lipinski definition) is 7. The van der Waals surface area contributed by atoms with Gasteiger partial charge in [-0.25, -0.2) is 14.8 Å². The minimum Gasteiger partial charge on any atom is -0.462 e. The molecule has 4 rings (SSSR count). The second-order valence-corrected chi connectivity index (χ2v) is 8.64. The van der Waals surface area contributed by atoms with Crippen molar-refractivity contribution in [1.82, 2.24) is 24.6 Å². The Morgan fingerprint density at radius 3 is 2.50 bits per heavy atom. The molecule has 1 saturated heterocycles. The van der Waals surface area contributed by atoms with Crippen LogP contribution in [-0.4, -0.2) is 62.8 Å². The summed E-state index contributed by atoms with van der Waals surface area (Å²) in [6.45, 7) is 6.86. The maximum Gasteiger partial charge on any atom is 0.341 e. The summed E-state index contributed by atoms with van der Waals surface area (Å²) in [5.74, 6) is 0.762. The molecule has 1 aliphatic heterocycles. The molecule has 0 saturated carbocycles. The summed E-state index contributed by atoms with van der Waals surface area (Å²) >= 11 is 0. The molecule has 1 fully saturated rings. The lowest BCUT2D eigenvalue weighted by Crippen LogP contribution is -2.41. The number of esters is 1. The van der Waals surface area contributed by atoms with Crippen molar-refractivity contribution in [3.8, 4) is 0 Å². The number of hydrogen-bond donors (Lipinski definition) is 0. The van der Waals surface area contributed by atoms with Crippen LogP contribution < -0.4 is 4.90 Å². The highest BCUT2D eigenvalue weighted by molar-refractivity contribution is 5.88. The first kappa shape index (κ1) is 23.7. The topological polar surface area (TPSA) is 93.5 Å². The predicted molar refractivity (Wildman–Crippen MR) is 129 cm³/mol. The third-order valence-corrected chi connectivity index (χ3v) is 6.36. The number of carbonyl (C=O) groups excluding carboxylic acids is 2. The summed E-state index contributed by atoms with van der Waals surface area (Å²) < 4.78 is 6.87. The number of nitrogens with zero attached hydrogens (tertiary/aromatic N) is 6. The van der Waals surface area contributed by atoms with E-state index in [9.17, 15) is 9.59 Å². The lowest BCUT2D eigenvalue weighted by molar-refractivity contribution is -0.132. The number of aryl methyl sites for hydroxylation is 1. The van der Waals surface area contributed by atoms with E-state index < -0.39 is 5.97 Å². The number of rotatable bonds is 8. The van der Waals surface area contributed by atoms with Crippen LogP contribution in [0.25, 0.3) is 10.9 Å². The zero-order chi connectivity index (χ0) is 24.1. The lowest BCUT2D eigenvalue weighted by Gasteiger charge is -2.34. The van der Waals surface area contributed by atoms with Crippen LogP contribution in [0.1, 0.15) is 49.2 Å². The van der Waals surface area contributed by atoms with E-state index in [2.05, 4.69) is 32.1 Å². The largest absolute Gasteiger partial charge is 0.462 e. The van der Waals surface area contributed by atoms with Gasteiger partial charge in [0.15, 0.2) is 0 Å². The Morgan fingerprint density at radius 1 is 1.12 bits per heavy atom. The maximum atomic E-state index is 12.8. The fraction of sp³-hybridized carbons (Fsp3) is 0.480. The normalized spacial score (nSPS) is 14.4. The zero-order valence-electron chi connectivity index (χ0n) is 20.1. The van der Waals surface area contributed by atoms with E-state index in [1.807, 2.05) is 35.7 Å². The Hall–Kier alpha value is -3.49. The molecule has 0 atom stereocenters. The Bertz CT molecular complexity index is 1140. The van der Waals surface area contributed by atoms with Gasteiger partial charge in [0.05, 0.1) is 29.9 Å². The molecule has 0 radical (unpaired) electrons. The molecule has 3 aromatic rings. The first-order chi connectivity index (χ1) is 16.5. The number of fused-ring (bicyclic) bond motifs is 1. The van der Waals surface area contributed by atoms with Crippen molar-refractivity contribution in [2.75, 3.05) is 31.1 Å². The van der Waals surface area contributed by atoms with Gasteiger partial charge in [0.1, 0.15) is 0 Å². The van der Waals surface area contributed by atoms with Crippen molar-refractivity contribution in [3.05, 3.63) is 47.9 Å². The van der Waals surface area contributed by atoms with Crippen molar-refractivity contribution < 1.29 is 14.3 Å². The van der Waals surface area contributed by atoms with Crippen LogP contribution >= 0.6 is 0 Å². The molecule has 180 valence electrons. The molecule has 0 spiro atoms. The fourth-order valence-corrected chi connectivity index (χ4v) is 4.50. The zero-order valence-corrected chi connectivity index (χ0v) is 20.1. The SMILES string of the molecule is CCOC(=O)c1cnc(N2CCC(CN(Cc3nn(C)c4ccccc34)C(=O)CC)CC2)nc1. The number of anilines is 1. The van der Waals surface area contributed by atoms with Crippen LogP contribution in [0.3, 0.4) is 0 Å². The Labute approximate surface area is 199 Å². The van der Waals surface area contributed by atoms with Gasteiger partial charge in [0, 0.05) is 50.9 Å². The van der Waals surface area contributed by atoms with E-state index in [0.717, 1.165) is 42.5 Å². The van der Waals surface area contributed by atoms with Gasteiger partial charge < -0.3 is 14.5 Å². The number of para-hydroxylation sites is 1. The molecule has 0 N–H and O–H groups in total. The summed E-state index contributed by atoms with van der Waals surface area (Å²) in [5, 5.41) is 5.78. The van der Waals surface area contributed by atoms with Crippen LogP contribution in [0.4, 0.5) is 5.95 Å². The summed E-state index contributed by atoms with van der Waals surface area (Å²) in [4.78, 5) is 37.4. The maximum absolute atomic E-state index is 12.8. The monoisotopic (exact) mass is 464 g/mol. The number of piperidine rings is 1. The van der Waals surface area contributed by atoms with E-state index in [1.54, 1.807) is 6.92 Å². The van der Waals surface area contributed by atoms with Crippen LogP contribution in [0, 0.1) is 5.92 Å². The standard InChI is InChI=1S/C25H32N6O3/c1-4-23(32)31(17-21-20-8-6-7-9-22(20)29(3)28-21)16-18-10-12-30(13-11-18)25-26-14-19(15-27-25)24(33)34-5-2/h6-9,14-15,18H,4-5,10-13,16-17H2,1-3H3. The van der Waals surface area contributed by atoms with Gasteiger partial charge in [0.2, 0.25) is 11.9 Å². The molecular formula is C25H32N6O3. The van der Waals surface area contributed by atoms with Crippen molar-refractivity contribution in [2.24, 2.45) is 13.0 Å². The molecule has 34 heavy (non-hydrogen) atoms. The third-order valence-electron chi connectivity index (χ3n) is 6.36. The van der Waals surface area contributed by atoms with Crippen molar-refractivity contribution in [3.63, 3.8) is 0 Å². The average molecular weight is 465 g/mol. The predicted octanol–water partition coefficient (Wildman–Crippen LogP) is 3.20. The summed E-state index contributed by atoms with van der Waals surface area (Å²) in [7, 11) is 1.94. The first-order valence-electron chi connectivity index (χ1n) is 11.9. The highest BCUT2D eigenvalue weighted by atomic mass is 16.5. The fourth-order valence-electron chi connectivity index (χ4n) is 4.50. The number of amides is 1. The minimum atomic E-state index is -0.408. The van der Waals surface area contributed by atoms with E-state index in [1.165, 1.54) is 12.4 Å². The molecule has 3 heterocycles. The van der Waals surface area contributed by atoms with E-state index in [0.29, 0.717) is 43.5 Å². The van der Waals surface area contributed by atoms with E-state index >= 15 is 0 Å². The third kappa shape index (κ3) is 5.18. The van der Waals surface area contributed by atoms with Gasteiger partial charge in [-0.2, -0.15) is 5.10 Å². The van der Waals surface area contributed by atoms with E-state index in [4.69, 9.17) is 4.74 Å². The summed E-state index contributed by atoms with van der Waals surface area (Å²) in [5.41, 5.74) is 2.37. The van der Waals surface area contributed by atoms with Gasteiger partial charge in [0.25, 0.3) is 0 Å². The van der Waals surface area contributed by atoms with Crippen molar-refractivity contribution >= 4 is 28.7 Å². The quantitative estimate of drug-likeness (QED) is 0.473. The molecule has 1 aliphatic rings. The Morgan fingerprint density at radius 2 is 1.82 bits per heavy atom. The van der Waals surface area contributed by atoms with Gasteiger partial charge in [-0.15, -0.1) is 0 Å². The molecule has 0 bridgehead atoms. The average Bonchev–Trinajstić information content (AvgIpc) is 3.19. The Balaban J connectivity index is 1.38. The molecule has 9 nitrogen and oxygen atoms in total. The molecule has 1 aromatic carbocycles. The van der Waals surface area contributed by atoms with Crippen LogP contribution in [0.15, 0.2) is 36.7 Å². The molecule has 2 aromatic heterocycles. The summed E-state index contributed by atoms with van der Waals surface area (Å²) in [6.07, 6.45) is 5.40. The summed E-state index contributed by atoms with van der Waals surface area (Å²) in [6, 6.07) is 8.13. The smallest absolute Gasteiger partial charge is 0.341 e. The second kappa shape index (κ2) is 10.6. The second-order valence-electron chi connectivity index (χ2n) is 8.64. The molecule has 0 aliphatic carbocycles. The van der Waals surface area contributed by atoms with Crippen LogP contribution in [0.5, 0.6) is 0 Å².